The Morgan fingerprint density at radius 2 is 0.205 bits per heavy atom. The summed E-state index contributed by atoms with van der Waals surface area (Å²) in [5.41, 5.74) is 0. The summed E-state index contributed by atoms with van der Waals surface area (Å²) in [6, 6.07) is 0. The molecule has 0 saturated carbocycles. The number of aliphatic hydroxyl groups excluding tert-OH is 12. The van der Waals surface area contributed by atoms with Gasteiger partial charge in [0.1, 0.15) is 0 Å². The van der Waals surface area contributed by atoms with Gasteiger partial charge in [0.25, 0.3) is 0 Å². The first kappa shape index (κ1) is 88.1. The van der Waals surface area contributed by atoms with E-state index in [0.717, 1.165) is 19.3 Å². The van der Waals surface area contributed by atoms with Crippen molar-refractivity contribution in [2.75, 3.05) is 277 Å². The van der Waals surface area contributed by atoms with Crippen LogP contribution in [0.25, 0.3) is 0 Å². The third-order valence-electron chi connectivity index (χ3n) is 8.06. The van der Waals surface area contributed by atoms with Gasteiger partial charge < -0.3 is 132 Å². The summed E-state index contributed by atoms with van der Waals surface area (Å²) >= 11 is 0. The number of aliphatic hydroxyl groups is 12. The van der Waals surface area contributed by atoms with Gasteiger partial charge in [-0.3, -0.25) is 0 Å². The molecule has 0 saturated heterocycles. The third kappa shape index (κ3) is 118. The summed E-state index contributed by atoms with van der Waals surface area (Å²) in [4.78, 5) is 0. The zero-order chi connectivity index (χ0) is 58.7. The van der Waals surface area contributed by atoms with Crippen molar-refractivity contribution in [3.63, 3.8) is 0 Å². The van der Waals surface area contributed by atoms with Crippen LogP contribution in [0.3, 0.4) is 0 Å². The zero-order valence-electron chi connectivity index (χ0n) is 47.6. The molecule has 0 bridgehead atoms. The molecule has 0 heterocycles. The lowest BCUT2D eigenvalue weighted by Gasteiger charge is -2.06. The second kappa shape index (κ2) is 101. The number of hydrogen-bond donors (Lipinski definition) is 12. The first-order chi connectivity index (χ1) is 38.5. The molecule has 0 spiro atoms. The average molecular weight is 1160 g/mol. The van der Waals surface area contributed by atoms with E-state index in [-0.39, 0.29) is 79.3 Å². The predicted octanol–water partition coefficient (Wildman–Crippen LogP) is -2.41. The van der Waals surface area contributed by atoms with E-state index >= 15 is 0 Å². The van der Waals surface area contributed by atoms with E-state index < -0.39 is 0 Å². The van der Waals surface area contributed by atoms with Crippen molar-refractivity contribution in [3.8, 4) is 0 Å². The topological polar surface area (TPSA) is 381 Å². The van der Waals surface area contributed by atoms with Gasteiger partial charge in [0.05, 0.1) is 159 Å². The smallest absolute Gasteiger partial charge is 0.0701 e. The Morgan fingerprint density at radius 1 is 0.103 bits per heavy atom. The number of hydrogen-bond acceptors (Lipinski definition) is 27. The van der Waals surface area contributed by atoms with Crippen LogP contribution in [0.5, 0.6) is 0 Å². The molecule has 480 valence electrons. The predicted molar refractivity (Wildman–Crippen MR) is 289 cm³/mol. The molecule has 0 rings (SSSR count). The quantitative estimate of drug-likeness (QED) is 0.0282. The highest BCUT2D eigenvalue weighted by molar-refractivity contribution is 4.42. The molecule has 0 amide bonds. The first-order valence-electron chi connectivity index (χ1n) is 27.5. The molecule has 0 aromatic rings. The van der Waals surface area contributed by atoms with Crippen LogP contribution in [-0.2, 0) is 71.1 Å². The van der Waals surface area contributed by atoms with E-state index in [0.29, 0.717) is 237 Å². The third-order valence-corrected chi connectivity index (χ3v) is 8.06. The minimum absolute atomic E-state index is 0.0386. The minimum atomic E-state index is 0.0386. The van der Waals surface area contributed by atoms with Crippen molar-refractivity contribution < 1.29 is 132 Å². The van der Waals surface area contributed by atoms with E-state index in [1.165, 1.54) is 0 Å². The van der Waals surface area contributed by atoms with Crippen molar-refractivity contribution in [2.24, 2.45) is 0 Å². The minimum Gasteiger partial charge on any atom is -0.396 e. The second-order valence-corrected chi connectivity index (χ2v) is 15.1. The second-order valence-electron chi connectivity index (χ2n) is 15.1. The van der Waals surface area contributed by atoms with Crippen LogP contribution < -0.4 is 0 Å². The molecule has 0 radical (unpaired) electrons. The van der Waals surface area contributed by atoms with Crippen molar-refractivity contribution in [3.05, 3.63) is 0 Å². The van der Waals surface area contributed by atoms with E-state index in [9.17, 15) is 0 Å². The molecule has 0 fully saturated rings. The summed E-state index contributed by atoms with van der Waals surface area (Å²) in [5, 5.41) is 101. The van der Waals surface area contributed by atoms with Crippen molar-refractivity contribution in [2.45, 2.75) is 57.8 Å². The highest BCUT2D eigenvalue weighted by Gasteiger charge is 1.96. The SMILES string of the molecule is OCCCOCCCO.OCCCOCCCOCCCO.OCCCOCCCOCCCOCCCO.OCCOCCOCCO.OCCOCCOCCOCCO.OCCOCCOCCOCCOCCO. The van der Waals surface area contributed by atoms with Gasteiger partial charge in [0.2, 0.25) is 0 Å². The highest BCUT2D eigenvalue weighted by atomic mass is 16.6. The number of rotatable bonds is 60. The van der Waals surface area contributed by atoms with Gasteiger partial charge in [-0.25, -0.2) is 0 Å². The number of ether oxygens (including phenoxy) is 15. The lowest BCUT2D eigenvalue weighted by Crippen LogP contribution is -2.13. The fourth-order valence-electron chi connectivity index (χ4n) is 4.41. The summed E-state index contributed by atoms with van der Waals surface area (Å²) in [7, 11) is 0. The molecular formula is C51H114O27. The van der Waals surface area contributed by atoms with Gasteiger partial charge in [-0.05, 0) is 57.8 Å². The van der Waals surface area contributed by atoms with Crippen molar-refractivity contribution in [1.29, 1.82) is 0 Å². The Bertz CT molecular complexity index is 786. The summed E-state index contributed by atoms with van der Waals surface area (Å²) < 4.78 is 76.4. The van der Waals surface area contributed by atoms with Gasteiger partial charge >= 0.3 is 0 Å². The molecule has 0 unspecified atom stereocenters. The summed E-state index contributed by atoms with van der Waals surface area (Å²) in [5.74, 6) is 0. The van der Waals surface area contributed by atoms with Crippen molar-refractivity contribution >= 4 is 0 Å². The molecule has 0 aliphatic carbocycles. The molecule has 12 N–H and O–H groups in total. The maximum atomic E-state index is 8.51. The lowest BCUT2D eigenvalue weighted by atomic mass is 10.4. The largest absolute Gasteiger partial charge is 0.396 e. The van der Waals surface area contributed by atoms with Crippen LogP contribution in [0.1, 0.15) is 57.8 Å². The van der Waals surface area contributed by atoms with Gasteiger partial charge in [-0.1, -0.05) is 0 Å². The van der Waals surface area contributed by atoms with Crippen LogP contribution in [-0.4, -0.2) is 339 Å². The standard InChI is InChI=1S/C12H26O5.C10H22O6.C9H20O4.C8H18O5.C6H14O4.C6H14O3/c13-5-1-7-15-9-3-11-17-12-4-10-16-8-2-6-14;11-1-3-13-5-7-15-9-10-16-8-6-14-4-2-12;10-4-1-6-12-8-3-9-13-7-2-5-11;9-1-3-11-5-7-13-8-6-12-4-2-10;7-1-3-9-5-6-10-4-2-8;7-3-1-5-9-6-2-4-8/h13-14H,1-12H2;11-12H,1-10H2;10-11H,1-9H2;9-10H,1-8H2;7-8H,1-6H2;7-8H,1-6H2. The molecule has 0 aliphatic rings. The lowest BCUT2D eigenvalue weighted by molar-refractivity contribution is -0.00856. The molecule has 27 heteroatoms. The van der Waals surface area contributed by atoms with Crippen LogP contribution in [0.4, 0.5) is 0 Å². The van der Waals surface area contributed by atoms with Gasteiger partial charge in [-0.2, -0.15) is 0 Å². The van der Waals surface area contributed by atoms with Gasteiger partial charge in [0, 0.05) is 119 Å². The van der Waals surface area contributed by atoms with Gasteiger partial charge in [-0.15, -0.1) is 0 Å². The maximum absolute atomic E-state index is 8.51. The van der Waals surface area contributed by atoms with Crippen LogP contribution in [0.2, 0.25) is 0 Å². The Balaban J connectivity index is -0.000000202. The Labute approximate surface area is 466 Å². The van der Waals surface area contributed by atoms with E-state index in [2.05, 4.69) is 0 Å². The molecule has 0 atom stereocenters. The maximum Gasteiger partial charge on any atom is 0.0701 e. The summed E-state index contributed by atoms with van der Waals surface area (Å²) in [6.07, 6.45) is 6.82. The molecule has 0 aliphatic heterocycles. The normalized spacial score (nSPS) is 10.6. The van der Waals surface area contributed by atoms with E-state index in [1.54, 1.807) is 0 Å². The average Bonchev–Trinajstić information content (AvgIpc) is 3.45. The molecule has 78 heavy (non-hydrogen) atoms. The first-order valence-corrected chi connectivity index (χ1v) is 27.5. The Morgan fingerprint density at radius 3 is 0.321 bits per heavy atom. The van der Waals surface area contributed by atoms with Crippen LogP contribution in [0, 0.1) is 0 Å². The highest BCUT2D eigenvalue weighted by Crippen LogP contribution is 1.92. The monoisotopic (exact) mass is 1160 g/mol. The Hall–Kier alpha value is -1.08. The molecule has 0 aromatic heterocycles. The van der Waals surface area contributed by atoms with Crippen LogP contribution in [0.15, 0.2) is 0 Å². The van der Waals surface area contributed by atoms with E-state index in [4.69, 9.17) is 132 Å². The molecular weight excluding hydrogens is 1040 g/mol. The molecule has 27 nitrogen and oxygen atoms in total. The Kier molecular flexibility index (Phi) is 114. The fraction of sp³-hybridized carbons (Fsp3) is 1.00. The van der Waals surface area contributed by atoms with Crippen molar-refractivity contribution in [1.82, 2.24) is 0 Å². The van der Waals surface area contributed by atoms with E-state index in [1.807, 2.05) is 0 Å². The fourth-order valence-corrected chi connectivity index (χ4v) is 4.41. The summed E-state index contributed by atoms with van der Waals surface area (Å²) in [6.45, 7) is 17.2. The van der Waals surface area contributed by atoms with Gasteiger partial charge in [0.15, 0.2) is 0 Å². The molecule has 0 aromatic carbocycles. The van der Waals surface area contributed by atoms with Crippen LogP contribution >= 0.6 is 0 Å². The zero-order valence-corrected chi connectivity index (χ0v) is 47.6.